The lowest BCUT2D eigenvalue weighted by Gasteiger charge is -2.34. The van der Waals surface area contributed by atoms with E-state index in [4.69, 9.17) is 17.3 Å². The van der Waals surface area contributed by atoms with Crippen LogP contribution in [-0.2, 0) is 9.59 Å². The molecule has 7 heteroatoms. The van der Waals surface area contributed by atoms with Gasteiger partial charge in [0, 0.05) is 10.9 Å². The molecule has 0 radical (unpaired) electrons. The molecular weight excluding hydrogens is 274 g/mol. The number of piperazine rings is 1. The molecule has 1 aromatic heterocycles. The topological polar surface area (TPSA) is 75.4 Å². The predicted molar refractivity (Wildman–Crippen MR) is 70.4 cm³/mol. The largest absolute Gasteiger partial charge is 0.326 e. The zero-order valence-electron chi connectivity index (χ0n) is 9.85. The third kappa shape index (κ3) is 2.89. The van der Waals surface area contributed by atoms with E-state index in [0.717, 1.165) is 4.88 Å². The van der Waals surface area contributed by atoms with Gasteiger partial charge in [0.25, 0.3) is 0 Å². The molecule has 2 atom stereocenters. The first-order valence-electron chi connectivity index (χ1n) is 5.55. The molecule has 1 fully saturated rings. The monoisotopic (exact) mass is 287 g/mol. The summed E-state index contributed by atoms with van der Waals surface area (Å²) in [5.74, 6) is -0.584. The first-order chi connectivity index (χ1) is 8.47. The second-order valence-corrected chi connectivity index (χ2v) is 6.07. The van der Waals surface area contributed by atoms with Gasteiger partial charge >= 0.3 is 0 Å². The fourth-order valence-corrected chi connectivity index (χ4v) is 3.43. The molecule has 0 aromatic carbocycles. The Labute approximate surface area is 114 Å². The summed E-state index contributed by atoms with van der Waals surface area (Å²) in [5.41, 5.74) is 5.98. The van der Waals surface area contributed by atoms with Crippen LogP contribution in [0.25, 0.3) is 0 Å². The van der Waals surface area contributed by atoms with E-state index in [1.165, 1.54) is 11.3 Å². The highest BCUT2D eigenvalue weighted by Crippen LogP contribution is 2.32. The van der Waals surface area contributed by atoms with Crippen LogP contribution in [0.4, 0.5) is 0 Å². The number of nitrogens with two attached hydrogens (primary N) is 1. The second-order valence-electron chi connectivity index (χ2n) is 4.32. The zero-order chi connectivity index (χ0) is 13.3. The highest BCUT2D eigenvalue weighted by Gasteiger charge is 2.32. The van der Waals surface area contributed by atoms with Gasteiger partial charge in [0.2, 0.25) is 11.8 Å². The van der Waals surface area contributed by atoms with Gasteiger partial charge in [-0.05, 0) is 19.1 Å². The van der Waals surface area contributed by atoms with Crippen molar-refractivity contribution in [2.75, 3.05) is 13.1 Å². The van der Waals surface area contributed by atoms with Crippen molar-refractivity contribution in [3.8, 4) is 0 Å². The third-order valence-electron chi connectivity index (χ3n) is 2.75. The van der Waals surface area contributed by atoms with Crippen LogP contribution in [0.1, 0.15) is 17.8 Å². The molecule has 0 spiro atoms. The predicted octanol–water partition coefficient (Wildman–Crippen LogP) is 0.748. The number of halogens is 1. The molecule has 1 aromatic rings. The molecule has 0 bridgehead atoms. The maximum absolute atomic E-state index is 11.4. The molecule has 3 N–H and O–H groups in total. The van der Waals surface area contributed by atoms with Crippen molar-refractivity contribution in [2.45, 2.75) is 19.0 Å². The Hall–Kier alpha value is -0.950. The Morgan fingerprint density at radius 1 is 1.39 bits per heavy atom. The molecule has 2 rings (SSSR count). The highest BCUT2D eigenvalue weighted by molar-refractivity contribution is 7.16. The molecule has 2 amide bonds. The smallest absolute Gasteiger partial charge is 0.240 e. The second kappa shape index (κ2) is 5.36. The molecule has 0 aliphatic carbocycles. The van der Waals surface area contributed by atoms with E-state index in [0.29, 0.717) is 4.34 Å². The summed E-state index contributed by atoms with van der Waals surface area (Å²) in [7, 11) is 0. The summed E-state index contributed by atoms with van der Waals surface area (Å²) in [6.07, 6.45) is 0. The van der Waals surface area contributed by atoms with Gasteiger partial charge < -0.3 is 5.73 Å². The number of carbonyl (C=O) groups excluding carboxylic acids is 2. The van der Waals surface area contributed by atoms with Gasteiger partial charge in [0.15, 0.2) is 0 Å². The van der Waals surface area contributed by atoms with Gasteiger partial charge in [0.05, 0.1) is 23.5 Å². The van der Waals surface area contributed by atoms with Gasteiger partial charge in [0.1, 0.15) is 0 Å². The number of thiophene rings is 1. The summed E-state index contributed by atoms with van der Waals surface area (Å²) in [6.45, 7) is 2.20. The van der Waals surface area contributed by atoms with Crippen molar-refractivity contribution in [3.05, 3.63) is 21.3 Å². The number of hydrogen-bond donors (Lipinski definition) is 2. The van der Waals surface area contributed by atoms with E-state index in [-0.39, 0.29) is 37.0 Å². The maximum Gasteiger partial charge on any atom is 0.240 e. The number of hydrogen-bond acceptors (Lipinski definition) is 5. The Kier molecular flexibility index (Phi) is 4.01. The summed E-state index contributed by atoms with van der Waals surface area (Å²) >= 11 is 7.34. The van der Waals surface area contributed by atoms with Crippen molar-refractivity contribution < 1.29 is 9.59 Å². The van der Waals surface area contributed by atoms with E-state index in [2.05, 4.69) is 5.32 Å². The Balaban J connectivity index is 2.25. The van der Waals surface area contributed by atoms with Gasteiger partial charge in [-0.15, -0.1) is 11.3 Å². The van der Waals surface area contributed by atoms with Crippen LogP contribution in [0.15, 0.2) is 12.1 Å². The van der Waals surface area contributed by atoms with Crippen molar-refractivity contribution in [1.29, 1.82) is 0 Å². The SMILES string of the molecule is CC(N)C(c1ccc(Cl)s1)N1CC(=O)NC(=O)C1. The quantitative estimate of drug-likeness (QED) is 0.805. The van der Waals surface area contributed by atoms with Crippen LogP contribution in [0.5, 0.6) is 0 Å². The summed E-state index contributed by atoms with van der Waals surface area (Å²) in [6, 6.07) is 3.32. The molecule has 18 heavy (non-hydrogen) atoms. The minimum atomic E-state index is -0.292. The van der Waals surface area contributed by atoms with Gasteiger partial charge in [-0.3, -0.25) is 19.8 Å². The lowest BCUT2D eigenvalue weighted by atomic mass is 10.1. The molecule has 2 unspecified atom stereocenters. The van der Waals surface area contributed by atoms with Crippen molar-refractivity contribution >= 4 is 34.8 Å². The number of amides is 2. The third-order valence-corrected chi connectivity index (χ3v) is 4.05. The number of imide groups is 1. The van der Waals surface area contributed by atoms with Crippen LogP contribution < -0.4 is 11.1 Å². The number of rotatable bonds is 3. The minimum Gasteiger partial charge on any atom is -0.326 e. The van der Waals surface area contributed by atoms with Crippen molar-refractivity contribution in [3.63, 3.8) is 0 Å². The lowest BCUT2D eigenvalue weighted by Crippen LogP contribution is -2.54. The van der Waals surface area contributed by atoms with E-state index in [1.807, 2.05) is 13.0 Å². The van der Waals surface area contributed by atoms with Gasteiger partial charge in [-0.25, -0.2) is 0 Å². The Bertz CT molecular complexity index is 459. The number of nitrogens with zero attached hydrogens (tertiary/aromatic N) is 1. The summed E-state index contributed by atoms with van der Waals surface area (Å²) < 4.78 is 0.670. The standard InChI is InChI=1S/C11H14ClN3O2S/c1-6(13)11(7-2-3-8(12)18-7)15-4-9(16)14-10(17)5-15/h2-3,6,11H,4-5,13H2,1H3,(H,14,16,17). The molecule has 2 heterocycles. The molecule has 0 saturated carbocycles. The van der Waals surface area contributed by atoms with E-state index < -0.39 is 0 Å². The Morgan fingerprint density at radius 2 is 2.00 bits per heavy atom. The van der Waals surface area contributed by atoms with Crippen LogP contribution in [-0.4, -0.2) is 35.8 Å². The van der Waals surface area contributed by atoms with E-state index in [9.17, 15) is 9.59 Å². The average molecular weight is 288 g/mol. The highest BCUT2D eigenvalue weighted by atomic mass is 35.5. The van der Waals surface area contributed by atoms with Crippen molar-refractivity contribution in [1.82, 2.24) is 10.2 Å². The van der Waals surface area contributed by atoms with E-state index in [1.54, 1.807) is 11.0 Å². The summed E-state index contributed by atoms with van der Waals surface area (Å²) in [4.78, 5) is 25.6. The lowest BCUT2D eigenvalue weighted by molar-refractivity contribution is -0.137. The van der Waals surface area contributed by atoms with Crippen LogP contribution >= 0.6 is 22.9 Å². The normalized spacial score (nSPS) is 20.6. The molecule has 5 nitrogen and oxygen atoms in total. The number of nitrogens with one attached hydrogen (secondary N) is 1. The molecule has 1 aliphatic heterocycles. The fraction of sp³-hybridized carbons (Fsp3) is 0.455. The Morgan fingerprint density at radius 3 is 2.44 bits per heavy atom. The van der Waals surface area contributed by atoms with Crippen LogP contribution in [0.3, 0.4) is 0 Å². The average Bonchev–Trinajstić information content (AvgIpc) is 2.62. The first kappa shape index (κ1) is 13.5. The molecular formula is C11H14ClN3O2S. The van der Waals surface area contributed by atoms with Crippen LogP contribution in [0, 0.1) is 0 Å². The fourth-order valence-electron chi connectivity index (χ4n) is 2.11. The molecule has 1 aliphatic rings. The summed E-state index contributed by atoms with van der Waals surface area (Å²) in [5, 5.41) is 2.28. The molecule has 98 valence electrons. The first-order valence-corrected chi connectivity index (χ1v) is 6.74. The zero-order valence-corrected chi connectivity index (χ0v) is 11.4. The van der Waals surface area contributed by atoms with Crippen LogP contribution in [0.2, 0.25) is 4.34 Å². The number of carbonyl (C=O) groups is 2. The molecule has 1 saturated heterocycles. The maximum atomic E-state index is 11.4. The van der Waals surface area contributed by atoms with Gasteiger partial charge in [-0.1, -0.05) is 11.6 Å². The van der Waals surface area contributed by atoms with Gasteiger partial charge in [-0.2, -0.15) is 0 Å². The minimum absolute atomic E-state index is 0.169. The van der Waals surface area contributed by atoms with Crippen molar-refractivity contribution in [2.24, 2.45) is 5.73 Å². The van der Waals surface area contributed by atoms with E-state index >= 15 is 0 Å².